The van der Waals surface area contributed by atoms with Crippen LogP contribution in [0.1, 0.15) is 12.5 Å². The molecule has 0 aromatic heterocycles. The lowest BCUT2D eigenvalue weighted by Gasteiger charge is -2.16. The quantitative estimate of drug-likeness (QED) is 0.608. The molecule has 0 fully saturated rings. The first-order valence-corrected chi connectivity index (χ1v) is 4.86. The molecule has 0 saturated carbocycles. The molecule has 82 valence electrons. The highest BCUT2D eigenvalue weighted by molar-refractivity contribution is 5.41. The number of nitrogens with zero attached hydrogens (tertiary/aromatic N) is 1. The average Bonchev–Trinajstić information content (AvgIpc) is 2.10. The molecule has 1 aromatic rings. The van der Waals surface area contributed by atoms with Gasteiger partial charge in [0.1, 0.15) is 5.82 Å². The van der Waals surface area contributed by atoms with Gasteiger partial charge in [0.2, 0.25) is 0 Å². The summed E-state index contributed by atoms with van der Waals surface area (Å²) >= 11 is 0. The number of nitrogens with two attached hydrogens (primary N) is 1. The van der Waals surface area contributed by atoms with Crippen LogP contribution in [0.25, 0.3) is 0 Å². The Hall–Kier alpha value is -1.35. The molecule has 2 nitrogen and oxygen atoms in total. The number of rotatable bonds is 4. The second-order valence-corrected chi connectivity index (χ2v) is 3.99. The molecule has 0 aliphatic heterocycles. The van der Waals surface area contributed by atoms with Crippen molar-refractivity contribution in [3.05, 3.63) is 41.7 Å². The van der Waals surface area contributed by atoms with Gasteiger partial charge in [-0.1, -0.05) is 18.2 Å². The van der Waals surface area contributed by atoms with Crippen molar-refractivity contribution in [1.82, 2.24) is 4.90 Å². The van der Waals surface area contributed by atoms with E-state index in [1.165, 1.54) is 6.07 Å². The standard InChI is InChI=1S/C12H17FN2/c1-9(2)7-15(3)8-10-4-5-12(14)11(13)6-10/h4-6H,1,7-8,14H2,2-3H3. The number of halogens is 1. The van der Waals surface area contributed by atoms with E-state index in [0.29, 0.717) is 6.54 Å². The lowest BCUT2D eigenvalue weighted by molar-refractivity contribution is 0.355. The van der Waals surface area contributed by atoms with E-state index < -0.39 is 0 Å². The van der Waals surface area contributed by atoms with Crippen molar-refractivity contribution in [3.63, 3.8) is 0 Å². The highest BCUT2D eigenvalue weighted by atomic mass is 19.1. The Labute approximate surface area is 90.2 Å². The highest BCUT2D eigenvalue weighted by Gasteiger charge is 2.03. The molecule has 0 saturated heterocycles. The van der Waals surface area contributed by atoms with Crippen LogP contribution in [0.3, 0.4) is 0 Å². The van der Waals surface area contributed by atoms with Crippen LogP contribution < -0.4 is 5.73 Å². The van der Waals surface area contributed by atoms with E-state index in [1.54, 1.807) is 6.07 Å². The SMILES string of the molecule is C=C(C)CN(C)Cc1ccc(N)c(F)c1. The lowest BCUT2D eigenvalue weighted by atomic mass is 10.2. The fourth-order valence-electron chi connectivity index (χ4n) is 1.50. The van der Waals surface area contributed by atoms with E-state index in [0.717, 1.165) is 17.7 Å². The van der Waals surface area contributed by atoms with Crippen LogP contribution in [0.2, 0.25) is 0 Å². The molecule has 1 rings (SSSR count). The summed E-state index contributed by atoms with van der Waals surface area (Å²) in [5.74, 6) is -0.351. The van der Waals surface area contributed by atoms with Crippen molar-refractivity contribution in [2.75, 3.05) is 19.3 Å². The third kappa shape index (κ3) is 3.72. The summed E-state index contributed by atoms with van der Waals surface area (Å²) in [6.45, 7) is 7.31. The van der Waals surface area contributed by atoms with E-state index in [9.17, 15) is 4.39 Å². The van der Waals surface area contributed by atoms with Crippen molar-refractivity contribution >= 4 is 5.69 Å². The van der Waals surface area contributed by atoms with Gasteiger partial charge in [-0.2, -0.15) is 0 Å². The zero-order valence-corrected chi connectivity index (χ0v) is 9.26. The summed E-state index contributed by atoms with van der Waals surface area (Å²) < 4.78 is 13.1. The number of likely N-dealkylation sites (N-methyl/N-ethyl adjacent to an activating group) is 1. The summed E-state index contributed by atoms with van der Waals surface area (Å²) in [6, 6.07) is 4.91. The topological polar surface area (TPSA) is 29.3 Å². The van der Waals surface area contributed by atoms with Crippen LogP contribution in [0.15, 0.2) is 30.4 Å². The summed E-state index contributed by atoms with van der Waals surface area (Å²) in [4.78, 5) is 2.08. The van der Waals surface area contributed by atoms with E-state index >= 15 is 0 Å². The molecule has 15 heavy (non-hydrogen) atoms. The smallest absolute Gasteiger partial charge is 0.146 e. The van der Waals surface area contributed by atoms with Gasteiger partial charge in [-0.05, 0) is 31.7 Å². The molecule has 0 atom stereocenters. The van der Waals surface area contributed by atoms with Gasteiger partial charge in [0.05, 0.1) is 5.69 Å². The predicted octanol–water partition coefficient (Wildman–Crippen LogP) is 2.42. The van der Waals surface area contributed by atoms with Crippen molar-refractivity contribution in [3.8, 4) is 0 Å². The molecular weight excluding hydrogens is 191 g/mol. The van der Waals surface area contributed by atoms with Crippen LogP contribution in [0.5, 0.6) is 0 Å². The fraction of sp³-hybridized carbons (Fsp3) is 0.333. The van der Waals surface area contributed by atoms with Crippen LogP contribution in [0, 0.1) is 5.82 Å². The van der Waals surface area contributed by atoms with E-state index in [4.69, 9.17) is 5.73 Å². The number of hydrogen-bond acceptors (Lipinski definition) is 2. The van der Waals surface area contributed by atoms with E-state index in [-0.39, 0.29) is 11.5 Å². The molecule has 0 bridgehead atoms. The van der Waals surface area contributed by atoms with Gasteiger partial charge in [-0.25, -0.2) is 4.39 Å². The fourth-order valence-corrected chi connectivity index (χ4v) is 1.50. The monoisotopic (exact) mass is 208 g/mol. The molecular formula is C12H17FN2. The molecule has 0 aliphatic rings. The van der Waals surface area contributed by atoms with Crippen LogP contribution in [0.4, 0.5) is 10.1 Å². The first-order chi connectivity index (χ1) is 6.99. The van der Waals surface area contributed by atoms with Crippen molar-refractivity contribution in [1.29, 1.82) is 0 Å². The Morgan fingerprint density at radius 3 is 2.73 bits per heavy atom. The van der Waals surface area contributed by atoms with Crippen LogP contribution in [-0.2, 0) is 6.54 Å². The Kier molecular flexibility index (Phi) is 3.86. The molecule has 1 aromatic carbocycles. The van der Waals surface area contributed by atoms with Crippen molar-refractivity contribution < 1.29 is 4.39 Å². The van der Waals surface area contributed by atoms with Gasteiger partial charge in [-0.15, -0.1) is 0 Å². The first-order valence-electron chi connectivity index (χ1n) is 4.86. The molecule has 0 amide bonds. The second kappa shape index (κ2) is 4.94. The maximum absolute atomic E-state index is 13.1. The van der Waals surface area contributed by atoms with Crippen LogP contribution in [-0.4, -0.2) is 18.5 Å². The minimum atomic E-state index is -0.351. The molecule has 0 radical (unpaired) electrons. The number of benzene rings is 1. The Morgan fingerprint density at radius 2 is 2.20 bits per heavy atom. The highest BCUT2D eigenvalue weighted by Crippen LogP contribution is 2.13. The van der Waals surface area contributed by atoms with Gasteiger partial charge in [0, 0.05) is 13.1 Å². The Bertz CT molecular complexity index is 361. The third-order valence-electron chi connectivity index (χ3n) is 2.06. The lowest BCUT2D eigenvalue weighted by Crippen LogP contribution is -2.19. The molecule has 2 N–H and O–H groups in total. The van der Waals surface area contributed by atoms with E-state index in [2.05, 4.69) is 11.5 Å². The summed E-state index contributed by atoms with van der Waals surface area (Å²) in [5, 5.41) is 0. The first kappa shape index (κ1) is 11.7. The number of anilines is 1. The molecule has 0 heterocycles. The molecule has 0 spiro atoms. The van der Waals surface area contributed by atoms with Gasteiger partial charge >= 0.3 is 0 Å². The number of hydrogen-bond donors (Lipinski definition) is 1. The molecule has 0 aliphatic carbocycles. The minimum absolute atomic E-state index is 0.196. The van der Waals surface area contributed by atoms with Crippen LogP contribution >= 0.6 is 0 Å². The van der Waals surface area contributed by atoms with Gasteiger partial charge in [-0.3, -0.25) is 4.90 Å². The zero-order chi connectivity index (χ0) is 11.4. The Balaban J connectivity index is 2.64. The molecule has 3 heteroatoms. The second-order valence-electron chi connectivity index (χ2n) is 3.99. The predicted molar refractivity (Wildman–Crippen MR) is 62.0 cm³/mol. The maximum atomic E-state index is 13.1. The van der Waals surface area contributed by atoms with Crippen molar-refractivity contribution in [2.45, 2.75) is 13.5 Å². The maximum Gasteiger partial charge on any atom is 0.146 e. The normalized spacial score (nSPS) is 10.7. The van der Waals surface area contributed by atoms with E-state index in [1.807, 2.05) is 20.0 Å². The van der Waals surface area contributed by atoms with Gasteiger partial charge in [0.25, 0.3) is 0 Å². The largest absolute Gasteiger partial charge is 0.396 e. The summed E-state index contributed by atoms with van der Waals surface area (Å²) in [6.07, 6.45) is 0. The van der Waals surface area contributed by atoms with Gasteiger partial charge < -0.3 is 5.73 Å². The minimum Gasteiger partial charge on any atom is -0.396 e. The number of nitrogen functional groups attached to an aromatic ring is 1. The summed E-state index contributed by atoms with van der Waals surface area (Å²) in [5.41, 5.74) is 7.61. The zero-order valence-electron chi connectivity index (χ0n) is 9.26. The van der Waals surface area contributed by atoms with Gasteiger partial charge in [0.15, 0.2) is 0 Å². The van der Waals surface area contributed by atoms with Crippen molar-refractivity contribution in [2.24, 2.45) is 0 Å². The average molecular weight is 208 g/mol. The Morgan fingerprint density at radius 1 is 1.53 bits per heavy atom. The molecule has 0 unspecified atom stereocenters. The third-order valence-corrected chi connectivity index (χ3v) is 2.06. The summed E-state index contributed by atoms with van der Waals surface area (Å²) in [7, 11) is 1.98.